The Morgan fingerprint density at radius 3 is 2.50 bits per heavy atom. The maximum atomic E-state index is 12.1. The van der Waals surface area contributed by atoms with E-state index in [4.69, 9.17) is 11.6 Å². The molecule has 0 bridgehead atoms. The zero-order valence-electron chi connectivity index (χ0n) is 7.99. The van der Waals surface area contributed by atoms with E-state index in [2.05, 4.69) is 9.72 Å². The molecule has 0 amide bonds. The van der Waals surface area contributed by atoms with Gasteiger partial charge in [-0.05, 0) is 34.2 Å². The lowest BCUT2D eigenvalue weighted by Gasteiger charge is -2.11. The smallest absolute Gasteiger partial charge is 0.397 e. The first kappa shape index (κ1) is 14.9. The molecular weight excluding hydrogens is 395 g/mol. The number of alkyl halides is 3. The van der Waals surface area contributed by atoms with E-state index in [1.165, 1.54) is 22.6 Å². The molecule has 6 nitrogen and oxygen atoms in total. The number of pyridine rings is 1. The lowest BCUT2D eigenvalue weighted by atomic mass is 10.2. The molecule has 0 atom stereocenters. The fraction of sp³-hybridized carbons (Fsp3) is 0.143. The van der Waals surface area contributed by atoms with E-state index in [0.29, 0.717) is 6.20 Å². The lowest BCUT2D eigenvalue weighted by Crippen LogP contribution is -2.20. The Kier molecular flexibility index (Phi) is 4.32. The average molecular weight is 396 g/mol. The molecule has 0 radical (unpaired) electrons. The van der Waals surface area contributed by atoms with Crippen LogP contribution in [0.15, 0.2) is 6.20 Å². The first-order valence-corrected chi connectivity index (χ1v) is 5.37. The first-order valence-electron chi connectivity index (χ1n) is 3.92. The second-order valence-electron chi connectivity index (χ2n) is 2.72. The van der Waals surface area contributed by atoms with Gasteiger partial charge in [-0.2, -0.15) is 0 Å². The number of hydrogen-bond donors (Lipinski definition) is 0. The van der Waals surface area contributed by atoms with Crippen LogP contribution in [0, 0.1) is 13.8 Å². The topological polar surface area (TPSA) is 82.3 Å². The summed E-state index contributed by atoms with van der Waals surface area (Å²) in [5.41, 5.74) is -1.90. The van der Waals surface area contributed by atoms with Gasteiger partial charge in [0.05, 0.1) is 4.92 Å². The highest BCUT2D eigenvalue weighted by atomic mass is 127. The third kappa shape index (κ3) is 3.41. The molecule has 0 saturated carbocycles. The van der Waals surface area contributed by atoms with Crippen LogP contribution >= 0.6 is 34.2 Å². The number of rotatable bonds is 3. The standard InChI is InChI=1S/C7HClF3IN2O4/c8-5(15)3-4(18-7(9,10)11)2(14(16)17)1-13-6(3)12/h1H. The van der Waals surface area contributed by atoms with Gasteiger partial charge in [-0.1, -0.05) is 0 Å². The molecule has 11 heteroatoms. The van der Waals surface area contributed by atoms with Crippen molar-refractivity contribution in [1.29, 1.82) is 0 Å². The van der Waals surface area contributed by atoms with Crippen LogP contribution in [0.2, 0.25) is 0 Å². The predicted octanol–water partition coefficient (Wildman–Crippen LogP) is 2.87. The van der Waals surface area contributed by atoms with Crippen LogP contribution in [0.1, 0.15) is 10.4 Å². The molecule has 0 unspecified atom stereocenters. The summed E-state index contributed by atoms with van der Waals surface area (Å²) in [6.45, 7) is 0. The quantitative estimate of drug-likeness (QED) is 0.258. The van der Waals surface area contributed by atoms with Gasteiger partial charge in [-0.3, -0.25) is 14.9 Å². The average Bonchev–Trinajstić information content (AvgIpc) is 2.13. The third-order valence-electron chi connectivity index (χ3n) is 1.58. The second kappa shape index (κ2) is 5.22. The van der Waals surface area contributed by atoms with Crippen molar-refractivity contribution in [1.82, 2.24) is 4.98 Å². The molecular formula is C7HClF3IN2O4. The number of ether oxygens (including phenoxy) is 1. The second-order valence-corrected chi connectivity index (χ2v) is 4.08. The summed E-state index contributed by atoms with van der Waals surface area (Å²) >= 11 is 6.47. The van der Waals surface area contributed by atoms with Crippen LogP contribution in [0.3, 0.4) is 0 Å². The van der Waals surface area contributed by atoms with Crippen molar-refractivity contribution in [2.75, 3.05) is 0 Å². The summed E-state index contributed by atoms with van der Waals surface area (Å²) in [6, 6.07) is 0. The van der Waals surface area contributed by atoms with Gasteiger partial charge in [0.1, 0.15) is 15.5 Å². The van der Waals surface area contributed by atoms with Crippen molar-refractivity contribution < 1.29 is 27.6 Å². The molecule has 0 aliphatic rings. The predicted molar refractivity (Wildman–Crippen MR) is 60.5 cm³/mol. The monoisotopic (exact) mass is 396 g/mol. The third-order valence-corrected chi connectivity index (χ3v) is 2.58. The summed E-state index contributed by atoms with van der Waals surface area (Å²) in [6.07, 6.45) is -4.65. The molecule has 98 valence electrons. The van der Waals surface area contributed by atoms with Crippen molar-refractivity contribution in [3.05, 3.63) is 25.6 Å². The van der Waals surface area contributed by atoms with Gasteiger partial charge in [0.2, 0.25) is 5.75 Å². The molecule has 0 saturated heterocycles. The van der Waals surface area contributed by atoms with E-state index >= 15 is 0 Å². The Balaban J connectivity index is 3.53. The summed E-state index contributed by atoms with van der Waals surface area (Å²) in [4.78, 5) is 23.8. The SMILES string of the molecule is O=C(Cl)c1c(I)ncc([N+](=O)[O-])c1OC(F)(F)F. The molecule has 0 N–H and O–H groups in total. The zero-order valence-corrected chi connectivity index (χ0v) is 10.9. The Labute approximate surface area is 115 Å². The van der Waals surface area contributed by atoms with Crippen LogP contribution in [0.25, 0.3) is 0 Å². The first-order chi connectivity index (χ1) is 8.13. The Hall–Kier alpha value is -1.17. The number of carbonyl (C=O) groups excluding carboxylic acids is 1. The summed E-state index contributed by atoms with van der Waals surface area (Å²) in [5, 5.41) is 9.22. The molecule has 1 heterocycles. The number of nitro groups is 1. The molecule has 0 spiro atoms. The van der Waals surface area contributed by atoms with Crippen LogP contribution in [-0.2, 0) is 0 Å². The highest BCUT2D eigenvalue weighted by Crippen LogP contribution is 2.37. The van der Waals surface area contributed by atoms with Gasteiger partial charge < -0.3 is 4.74 Å². The zero-order chi connectivity index (χ0) is 14.1. The Morgan fingerprint density at radius 2 is 2.11 bits per heavy atom. The molecule has 1 rings (SSSR count). The van der Waals surface area contributed by atoms with E-state index in [1.807, 2.05) is 0 Å². The van der Waals surface area contributed by atoms with Gasteiger partial charge in [-0.25, -0.2) is 4.98 Å². The number of halogens is 5. The minimum absolute atomic E-state index is 0.238. The van der Waals surface area contributed by atoms with Gasteiger partial charge in [-0.15, -0.1) is 13.2 Å². The molecule has 1 aromatic heterocycles. The molecule has 18 heavy (non-hydrogen) atoms. The summed E-state index contributed by atoms with van der Waals surface area (Å²) in [5.74, 6) is -1.27. The maximum Gasteiger partial charge on any atom is 0.573 e. The fourth-order valence-corrected chi connectivity index (χ4v) is 1.95. The molecule has 0 aliphatic carbocycles. The van der Waals surface area contributed by atoms with E-state index in [-0.39, 0.29) is 3.70 Å². The van der Waals surface area contributed by atoms with E-state index < -0.39 is 33.5 Å². The van der Waals surface area contributed by atoms with E-state index in [1.54, 1.807) is 0 Å². The van der Waals surface area contributed by atoms with E-state index in [9.17, 15) is 28.1 Å². The molecule has 1 aromatic rings. The highest BCUT2D eigenvalue weighted by molar-refractivity contribution is 14.1. The summed E-state index contributed by atoms with van der Waals surface area (Å²) < 4.78 is 39.7. The van der Waals surface area contributed by atoms with Gasteiger partial charge in [0, 0.05) is 0 Å². The molecule has 0 aliphatic heterocycles. The van der Waals surface area contributed by atoms with E-state index in [0.717, 1.165) is 0 Å². The number of aromatic nitrogens is 1. The fourth-order valence-electron chi connectivity index (χ4n) is 0.982. The molecule has 0 aromatic carbocycles. The van der Waals surface area contributed by atoms with Crippen molar-refractivity contribution >= 4 is 45.1 Å². The number of hydrogen-bond acceptors (Lipinski definition) is 5. The number of nitrogens with zero attached hydrogens (tertiary/aromatic N) is 2. The largest absolute Gasteiger partial charge is 0.573 e. The van der Waals surface area contributed by atoms with Crippen molar-refractivity contribution in [3.63, 3.8) is 0 Å². The number of carbonyl (C=O) groups is 1. The Bertz CT molecular complexity index is 522. The van der Waals surface area contributed by atoms with Crippen molar-refractivity contribution in [3.8, 4) is 5.75 Å². The normalized spacial score (nSPS) is 11.2. The van der Waals surface area contributed by atoms with Crippen molar-refractivity contribution in [2.24, 2.45) is 0 Å². The van der Waals surface area contributed by atoms with Crippen LogP contribution < -0.4 is 4.74 Å². The maximum absolute atomic E-state index is 12.1. The molecule has 0 fully saturated rings. The minimum Gasteiger partial charge on any atom is -0.397 e. The minimum atomic E-state index is -5.20. The lowest BCUT2D eigenvalue weighted by molar-refractivity contribution is -0.389. The Morgan fingerprint density at radius 1 is 1.56 bits per heavy atom. The van der Waals surface area contributed by atoms with Crippen LogP contribution in [0.5, 0.6) is 5.75 Å². The van der Waals surface area contributed by atoms with Gasteiger partial charge in [0.15, 0.2) is 0 Å². The van der Waals surface area contributed by atoms with Gasteiger partial charge >= 0.3 is 12.0 Å². The summed E-state index contributed by atoms with van der Waals surface area (Å²) in [7, 11) is 0. The van der Waals surface area contributed by atoms with Crippen LogP contribution in [-0.4, -0.2) is 21.5 Å². The van der Waals surface area contributed by atoms with Crippen LogP contribution in [0.4, 0.5) is 18.9 Å². The van der Waals surface area contributed by atoms with Gasteiger partial charge in [0.25, 0.3) is 5.24 Å². The highest BCUT2D eigenvalue weighted by Gasteiger charge is 2.38. The van der Waals surface area contributed by atoms with Crippen molar-refractivity contribution in [2.45, 2.75) is 6.36 Å².